The summed E-state index contributed by atoms with van der Waals surface area (Å²) in [5.41, 5.74) is 4.16. The summed E-state index contributed by atoms with van der Waals surface area (Å²) >= 11 is 0. The number of hydrogen-bond donors (Lipinski definition) is 2. The smallest absolute Gasteiger partial charge is 0.378 e. The van der Waals surface area contributed by atoms with Crippen molar-refractivity contribution in [2.45, 2.75) is 38.6 Å². The summed E-state index contributed by atoms with van der Waals surface area (Å²) in [4.78, 5) is 18.5. The number of carbonyl (C=O) groups is 1. The minimum Gasteiger partial charge on any atom is -0.460 e. The molecule has 0 bridgehead atoms. The summed E-state index contributed by atoms with van der Waals surface area (Å²) in [6.45, 7) is 6.17. The maximum atomic E-state index is 11.7. The number of aromatic nitrogens is 3. The molecule has 3 heterocycles. The quantitative estimate of drug-likeness (QED) is 0.801. The van der Waals surface area contributed by atoms with E-state index in [9.17, 15) is 4.79 Å². The predicted molar refractivity (Wildman–Crippen MR) is 98.2 cm³/mol. The van der Waals surface area contributed by atoms with Gasteiger partial charge in [-0.3, -0.25) is 10.00 Å². The number of para-hydroxylation sites is 1. The second kappa shape index (κ2) is 7.45. The summed E-state index contributed by atoms with van der Waals surface area (Å²) in [6, 6.07) is 6.61. The molecule has 26 heavy (non-hydrogen) atoms. The van der Waals surface area contributed by atoms with Gasteiger partial charge in [0.1, 0.15) is 5.82 Å². The number of anilines is 1. The van der Waals surface area contributed by atoms with Gasteiger partial charge in [0.15, 0.2) is 0 Å². The highest BCUT2D eigenvalue weighted by Crippen LogP contribution is 2.30. The Morgan fingerprint density at radius 3 is 3.00 bits per heavy atom. The molecule has 7 heteroatoms. The molecule has 4 rings (SSSR count). The SMILES string of the molecule is CCOC(=O)c1n[nH]c(C2CCN(Cc3cccc4c3NCC4)CC2)n1. The summed E-state index contributed by atoms with van der Waals surface area (Å²) in [7, 11) is 0. The number of nitrogens with one attached hydrogen (secondary N) is 2. The van der Waals surface area contributed by atoms with Gasteiger partial charge >= 0.3 is 5.97 Å². The average Bonchev–Trinajstić information content (AvgIpc) is 3.33. The van der Waals surface area contributed by atoms with Crippen LogP contribution in [0.3, 0.4) is 0 Å². The van der Waals surface area contributed by atoms with Gasteiger partial charge in [-0.15, -0.1) is 5.10 Å². The van der Waals surface area contributed by atoms with E-state index in [1.807, 2.05) is 0 Å². The molecule has 1 fully saturated rings. The highest BCUT2D eigenvalue weighted by Gasteiger charge is 2.25. The van der Waals surface area contributed by atoms with Crippen LogP contribution in [0, 0.1) is 0 Å². The van der Waals surface area contributed by atoms with Crippen LogP contribution in [0.4, 0.5) is 5.69 Å². The zero-order valence-corrected chi connectivity index (χ0v) is 15.1. The number of hydrogen-bond acceptors (Lipinski definition) is 6. The van der Waals surface area contributed by atoms with E-state index in [1.165, 1.54) is 16.8 Å². The normalized spacial score (nSPS) is 17.7. The van der Waals surface area contributed by atoms with Gasteiger partial charge in [0.2, 0.25) is 0 Å². The number of benzene rings is 1. The van der Waals surface area contributed by atoms with E-state index < -0.39 is 5.97 Å². The zero-order valence-electron chi connectivity index (χ0n) is 15.1. The van der Waals surface area contributed by atoms with Gasteiger partial charge in [0, 0.05) is 24.7 Å². The van der Waals surface area contributed by atoms with Crippen molar-refractivity contribution in [2.24, 2.45) is 0 Å². The van der Waals surface area contributed by atoms with Crippen molar-refractivity contribution in [1.82, 2.24) is 20.1 Å². The van der Waals surface area contributed by atoms with Crippen LogP contribution >= 0.6 is 0 Å². The van der Waals surface area contributed by atoms with Crippen molar-refractivity contribution < 1.29 is 9.53 Å². The highest BCUT2D eigenvalue weighted by molar-refractivity contribution is 5.84. The molecule has 1 saturated heterocycles. The third-order valence-corrected chi connectivity index (χ3v) is 5.26. The molecule has 0 saturated carbocycles. The molecular formula is C19H25N5O2. The molecule has 0 unspecified atom stereocenters. The molecule has 0 amide bonds. The van der Waals surface area contributed by atoms with E-state index in [2.05, 4.69) is 43.6 Å². The number of rotatable bonds is 5. The molecule has 2 aromatic rings. The topological polar surface area (TPSA) is 83.1 Å². The Morgan fingerprint density at radius 1 is 1.35 bits per heavy atom. The Balaban J connectivity index is 1.35. The van der Waals surface area contributed by atoms with Crippen LogP contribution < -0.4 is 5.32 Å². The number of fused-ring (bicyclic) bond motifs is 1. The van der Waals surface area contributed by atoms with Crippen LogP contribution in [0.2, 0.25) is 0 Å². The molecular weight excluding hydrogens is 330 g/mol. The molecule has 0 spiro atoms. The molecule has 0 atom stereocenters. The maximum Gasteiger partial charge on any atom is 0.378 e. The van der Waals surface area contributed by atoms with Crippen LogP contribution in [0.5, 0.6) is 0 Å². The summed E-state index contributed by atoms with van der Waals surface area (Å²) in [5, 5.41) is 10.4. The van der Waals surface area contributed by atoms with Crippen molar-refractivity contribution >= 4 is 11.7 Å². The number of nitrogens with zero attached hydrogens (tertiary/aromatic N) is 3. The van der Waals surface area contributed by atoms with Gasteiger partial charge in [-0.1, -0.05) is 18.2 Å². The van der Waals surface area contributed by atoms with Crippen LogP contribution in [0.15, 0.2) is 18.2 Å². The van der Waals surface area contributed by atoms with Crippen molar-refractivity contribution in [3.05, 3.63) is 41.0 Å². The van der Waals surface area contributed by atoms with Crippen LogP contribution in [0.25, 0.3) is 0 Å². The third-order valence-electron chi connectivity index (χ3n) is 5.26. The zero-order chi connectivity index (χ0) is 17.9. The molecule has 1 aromatic heterocycles. The van der Waals surface area contributed by atoms with E-state index >= 15 is 0 Å². The van der Waals surface area contributed by atoms with Gasteiger partial charge in [-0.05, 0) is 50.4 Å². The van der Waals surface area contributed by atoms with Gasteiger partial charge < -0.3 is 10.1 Å². The maximum absolute atomic E-state index is 11.7. The Kier molecular flexibility index (Phi) is 4.88. The number of aromatic amines is 1. The van der Waals surface area contributed by atoms with Gasteiger partial charge in [-0.25, -0.2) is 9.78 Å². The van der Waals surface area contributed by atoms with E-state index in [0.717, 1.165) is 51.3 Å². The Hall–Kier alpha value is -2.41. The molecule has 2 N–H and O–H groups in total. The van der Waals surface area contributed by atoms with Crippen molar-refractivity contribution in [3.8, 4) is 0 Å². The van der Waals surface area contributed by atoms with Gasteiger partial charge in [0.25, 0.3) is 5.82 Å². The lowest BCUT2D eigenvalue weighted by Gasteiger charge is -2.31. The minimum atomic E-state index is -0.460. The molecule has 138 valence electrons. The number of carbonyl (C=O) groups excluding carboxylic acids is 1. The predicted octanol–water partition coefficient (Wildman–Crippen LogP) is 2.33. The fourth-order valence-corrected chi connectivity index (χ4v) is 3.89. The lowest BCUT2D eigenvalue weighted by molar-refractivity contribution is 0.0512. The monoisotopic (exact) mass is 355 g/mol. The number of ether oxygens (including phenoxy) is 1. The first-order valence-electron chi connectivity index (χ1n) is 9.41. The lowest BCUT2D eigenvalue weighted by atomic mass is 9.95. The second-order valence-corrected chi connectivity index (χ2v) is 6.94. The summed E-state index contributed by atoms with van der Waals surface area (Å²) in [5.74, 6) is 0.796. The summed E-state index contributed by atoms with van der Waals surface area (Å²) < 4.78 is 4.95. The summed E-state index contributed by atoms with van der Waals surface area (Å²) in [6.07, 6.45) is 3.15. The largest absolute Gasteiger partial charge is 0.460 e. The molecule has 7 nitrogen and oxygen atoms in total. The standard InChI is InChI=1S/C19H25N5O2/c1-2-26-19(25)18-21-17(22-23-18)14-7-10-24(11-8-14)12-15-5-3-4-13-6-9-20-16(13)15/h3-5,14,20H,2,6-12H2,1H3,(H,21,22,23). The van der Waals surface area contributed by atoms with Crippen molar-refractivity contribution in [2.75, 3.05) is 31.6 Å². The number of likely N-dealkylation sites (tertiary alicyclic amines) is 1. The lowest BCUT2D eigenvalue weighted by Crippen LogP contribution is -2.33. The van der Waals surface area contributed by atoms with Crippen LogP contribution in [0.1, 0.15) is 53.3 Å². The van der Waals surface area contributed by atoms with Crippen LogP contribution in [-0.4, -0.2) is 52.3 Å². The van der Waals surface area contributed by atoms with E-state index in [0.29, 0.717) is 12.5 Å². The third kappa shape index (κ3) is 3.44. The minimum absolute atomic E-state index is 0.134. The molecule has 1 aromatic carbocycles. The molecule has 0 aliphatic carbocycles. The first-order valence-corrected chi connectivity index (χ1v) is 9.41. The van der Waals surface area contributed by atoms with Crippen molar-refractivity contribution in [3.63, 3.8) is 0 Å². The second-order valence-electron chi connectivity index (χ2n) is 6.94. The first kappa shape index (κ1) is 17.0. The fraction of sp³-hybridized carbons (Fsp3) is 0.526. The average molecular weight is 355 g/mol. The Labute approximate surface area is 153 Å². The molecule has 2 aliphatic heterocycles. The number of H-pyrrole nitrogens is 1. The van der Waals surface area contributed by atoms with E-state index in [1.54, 1.807) is 6.92 Å². The van der Waals surface area contributed by atoms with E-state index in [-0.39, 0.29) is 5.82 Å². The highest BCUT2D eigenvalue weighted by atomic mass is 16.5. The van der Waals surface area contributed by atoms with Gasteiger partial charge in [0.05, 0.1) is 6.61 Å². The fourth-order valence-electron chi connectivity index (χ4n) is 3.89. The number of piperidine rings is 1. The Bertz CT molecular complexity index is 780. The van der Waals surface area contributed by atoms with Crippen molar-refractivity contribution in [1.29, 1.82) is 0 Å². The van der Waals surface area contributed by atoms with E-state index in [4.69, 9.17) is 4.74 Å². The Morgan fingerprint density at radius 2 is 2.19 bits per heavy atom. The molecule has 0 radical (unpaired) electrons. The first-order chi connectivity index (χ1) is 12.7. The molecule has 2 aliphatic rings. The van der Waals surface area contributed by atoms with Crippen LogP contribution in [-0.2, 0) is 17.7 Å². The van der Waals surface area contributed by atoms with Gasteiger partial charge in [-0.2, -0.15) is 0 Å². The number of esters is 1.